The molecule has 0 radical (unpaired) electrons. The van der Waals surface area contributed by atoms with E-state index in [1.807, 2.05) is 98.8 Å². The van der Waals surface area contributed by atoms with Crippen molar-refractivity contribution in [1.82, 2.24) is 0 Å². The van der Waals surface area contributed by atoms with E-state index in [-0.39, 0.29) is 11.8 Å². The number of phosphoric acid groups is 1. The van der Waals surface area contributed by atoms with Gasteiger partial charge >= 0.3 is 7.82 Å². The second-order valence-electron chi connectivity index (χ2n) is 7.99. The van der Waals surface area contributed by atoms with Crippen molar-refractivity contribution in [3.05, 3.63) is 131 Å². The highest BCUT2D eigenvalue weighted by Crippen LogP contribution is 2.48. The van der Waals surface area contributed by atoms with Gasteiger partial charge in [0.15, 0.2) is 0 Å². The Hall–Kier alpha value is -3.33. The average Bonchev–Trinajstić information content (AvgIpc) is 2.84. The third-order valence-corrected chi connectivity index (χ3v) is 6.65. The second-order valence-corrected chi connectivity index (χ2v) is 9.29. The molecule has 0 saturated heterocycles. The van der Waals surface area contributed by atoms with E-state index in [2.05, 4.69) is 0 Å². The molecule has 0 aliphatic carbocycles. The van der Waals surface area contributed by atoms with Crippen molar-refractivity contribution in [3.8, 4) is 11.5 Å². The van der Waals surface area contributed by atoms with Crippen molar-refractivity contribution in [2.45, 2.75) is 25.7 Å². The number of hydrogen-bond donors (Lipinski definition) is 1. The van der Waals surface area contributed by atoms with Crippen molar-refractivity contribution in [2.24, 2.45) is 0 Å². The summed E-state index contributed by atoms with van der Waals surface area (Å²) in [4.78, 5) is 10.7. The fraction of sp³-hybridized carbons (Fsp3) is 0.143. The molecule has 1 unspecified atom stereocenters. The SMILES string of the molecule is C[C@H](c1ccccc1)c1ccccc1OP(=O)(O)Oc1ccccc1[C@@H](C)c1ccccc1. The smallest absolute Gasteiger partial charge is 0.395 e. The lowest BCUT2D eigenvalue weighted by atomic mass is 9.93. The zero-order valence-corrected chi connectivity index (χ0v) is 19.6. The van der Waals surface area contributed by atoms with Gasteiger partial charge < -0.3 is 9.05 Å². The molecule has 0 fully saturated rings. The molecule has 0 bridgehead atoms. The van der Waals surface area contributed by atoms with E-state index in [0.717, 1.165) is 22.3 Å². The number of para-hydroxylation sites is 2. The van der Waals surface area contributed by atoms with E-state index in [0.29, 0.717) is 11.5 Å². The third kappa shape index (κ3) is 5.54. The Morgan fingerprint density at radius 3 is 1.30 bits per heavy atom. The normalized spacial score (nSPS) is 14.6. The van der Waals surface area contributed by atoms with E-state index in [1.165, 1.54) is 0 Å². The molecule has 0 spiro atoms. The van der Waals surface area contributed by atoms with Gasteiger partial charge in [0.2, 0.25) is 0 Å². The van der Waals surface area contributed by atoms with Crippen LogP contribution in [-0.2, 0) is 4.57 Å². The zero-order chi connectivity index (χ0) is 23.3. The molecule has 33 heavy (non-hydrogen) atoms. The molecule has 0 heterocycles. The molecule has 4 aromatic carbocycles. The maximum Gasteiger partial charge on any atom is 0.584 e. The molecule has 0 aliphatic rings. The quantitative estimate of drug-likeness (QED) is 0.277. The van der Waals surface area contributed by atoms with Gasteiger partial charge in [0, 0.05) is 23.0 Å². The number of benzene rings is 4. The number of rotatable bonds is 8. The lowest BCUT2D eigenvalue weighted by Crippen LogP contribution is -2.06. The highest BCUT2D eigenvalue weighted by molar-refractivity contribution is 7.48. The summed E-state index contributed by atoms with van der Waals surface area (Å²) < 4.78 is 24.3. The molecule has 4 aromatic rings. The van der Waals surface area contributed by atoms with Gasteiger partial charge in [0.1, 0.15) is 11.5 Å². The standard InChI is InChI=1S/C28H27O4P/c1-21(23-13-5-3-6-14-23)25-17-9-11-19-27(25)31-33(29,30)32-28-20-12-10-18-26(28)22(2)24-15-7-4-8-16-24/h3-22H,1-2H3,(H,29,30)/t21-,22+. The molecular weight excluding hydrogens is 431 g/mol. The van der Waals surface area contributed by atoms with Crippen molar-refractivity contribution in [2.75, 3.05) is 0 Å². The predicted molar refractivity (Wildman–Crippen MR) is 132 cm³/mol. The van der Waals surface area contributed by atoms with Crippen LogP contribution >= 0.6 is 7.82 Å². The Morgan fingerprint density at radius 1 is 0.576 bits per heavy atom. The number of phosphoric ester groups is 1. The minimum Gasteiger partial charge on any atom is -0.395 e. The fourth-order valence-electron chi connectivity index (χ4n) is 3.95. The van der Waals surface area contributed by atoms with Crippen molar-refractivity contribution < 1.29 is 18.5 Å². The Balaban J connectivity index is 1.59. The monoisotopic (exact) mass is 458 g/mol. The first-order chi connectivity index (χ1) is 15.9. The molecule has 0 saturated carbocycles. The van der Waals surface area contributed by atoms with Gasteiger partial charge in [-0.15, -0.1) is 0 Å². The second kappa shape index (κ2) is 10.1. The lowest BCUT2D eigenvalue weighted by molar-refractivity contribution is 0.288. The van der Waals surface area contributed by atoms with Gasteiger partial charge in [0.25, 0.3) is 0 Å². The van der Waals surface area contributed by atoms with E-state index in [1.54, 1.807) is 24.3 Å². The highest BCUT2D eigenvalue weighted by atomic mass is 31.2. The first-order valence-corrected chi connectivity index (χ1v) is 12.4. The van der Waals surface area contributed by atoms with Crippen LogP contribution in [0.15, 0.2) is 109 Å². The summed E-state index contributed by atoms with van der Waals surface area (Å²) in [7, 11) is -4.45. The lowest BCUT2D eigenvalue weighted by Gasteiger charge is -2.22. The van der Waals surface area contributed by atoms with Crippen molar-refractivity contribution in [1.29, 1.82) is 0 Å². The summed E-state index contributed by atoms with van der Waals surface area (Å²) in [5.74, 6) is 0.613. The van der Waals surface area contributed by atoms with Gasteiger partial charge in [-0.25, -0.2) is 4.57 Å². The zero-order valence-electron chi connectivity index (χ0n) is 18.7. The van der Waals surface area contributed by atoms with Crippen LogP contribution in [0.5, 0.6) is 11.5 Å². The van der Waals surface area contributed by atoms with Crippen LogP contribution in [0.4, 0.5) is 0 Å². The molecule has 5 heteroatoms. The Bertz CT molecular complexity index is 1150. The van der Waals surface area contributed by atoms with Gasteiger partial charge in [-0.05, 0) is 23.3 Å². The largest absolute Gasteiger partial charge is 0.584 e. The Kier molecular flexibility index (Phi) is 6.98. The third-order valence-electron chi connectivity index (χ3n) is 5.80. The summed E-state index contributed by atoms with van der Waals surface area (Å²) in [6.45, 7) is 4.08. The van der Waals surface area contributed by atoms with Crippen LogP contribution in [0.25, 0.3) is 0 Å². The minimum atomic E-state index is -4.45. The Morgan fingerprint density at radius 2 is 0.909 bits per heavy atom. The summed E-state index contributed by atoms with van der Waals surface area (Å²) in [6, 6.07) is 34.4. The summed E-state index contributed by atoms with van der Waals surface area (Å²) in [5, 5.41) is 0. The van der Waals surface area contributed by atoms with Crippen LogP contribution in [0.3, 0.4) is 0 Å². The topological polar surface area (TPSA) is 55.8 Å². The predicted octanol–water partition coefficient (Wildman–Crippen LogP) is 7.55. The van der Waals surface area contributed by atoms with Crippen LogP contribution in [0, 0.1) is 0 Å². The molecule has 168 valence electrons. The molecule has 0 amide bonds. The highest BCUT2D eigenvalue weighted by Gasteiger charge is 2.29. The summed E-state index contributed by atoms with van der Waals surface area (Å²) >= 11 is 0. The first kappa shape index (κ1) is 22.8. The van der Waals surface area contributed by atoms with Gasteiger partial charge in [0.05, 0.1) is 0 Å². The molecule has 4 rings (SSSR count). The first-order valence-electron chi connectivity index (χ1n) is 10.9. The molecular formula is C28H27O4P. The molecule has 3 atom stereocenters. The van der Waals surface area contributed by atoms with Gasteiger partial charge in [-0.1, -0.05) is 111 Å². The maximum absolute atomic E-state index is 13.1. The summed E-state index contributed by atoms with van der Waals surface area (Å²) in [6.07, 6.45) is 0. The van der Waals surface area contributed by atoms with E-state index < -0.39 is 7.82 Å². The summed E-state index contributed by atoms with van der Waals surface area (Å²) in [5.41, 5.74) is 3.80. The van der Waals surface area contributed by atoms with Crippen LogP contribution in [-0.4, -0.2) is 4.89 Å². The molecule has 4 nitrogen and oxygen atoms in total. The van der Waals surface area contributed by atoms with Crippen LogP contribution in [0.2, 0.25) is 0 Å². The Labute approximate surface area is 195 Å². The van der Waals surface area contributed by atoms with Crippen LogP contribution in [0.1, 0.15) is 47.9 Å². The van der Waals surface area contributed by atoms with Crippen molar-refractivity contribution in [3.63, 3.8) is 0 Å². The molecule has 1 N–H and O–H groups in total. The average molecular weight is 458 g/mol. The fourth-order valence-corrected chi connectivity index (χ4v) is 4.82. The van der Waals surface area contributed by atoms with Gasteiger partial charge in [-0.2, -0.15) is 0 Å². The molecule has 0 aliphatic heterocycles. The number of hydrogen-bond acceptors (Lipinski definition) is 3. The molecule has 0 aromatic heterocycles. The minimum absolute atomic E-state index is 0.0206. The van der Waals surface area contributed by atoms with E-state index in [9.17, 15) is 9.46 Å². The van der Waals surface area contributed by atoms with Gasteiger partial charge in [-0.3, -0.25) is 4.89 Å². The van der Waals surface area contributed by atoms with E-state index in [4.69, 9.17) is 9.05 Å². The van der Waals surface area contributed by atoms with Crippen molar-refractivity contribution >= 4 is 7.82 Å². The van der Waals surface area contributed by atoms with E-state index >= 15 is 0 Å². The van der Waals surface area contributed by atoms with Crippen LogP contribution < -0.4 is 9.05 Å². The maximum atomic E-state index is 13.1.